The van der Waals surface area contributed by atoms with Crippen molar-refractivity contribution in [2.24, 2.45) is 35.0 Å². The third-order valence-electron chi connectivity index (χ3n) is 6.81. The average Bonchev–Trinajstić information content (AvgIpc) is 2.95. The molecule has 5 nitrogen and oxygen atoms in total. The van der Waals surface area contributed by atoms with Gasteiger partial charge in [-0.3, -0.25) is 9.35 Å². The second kappa shape index (κ2) is 7.27. The van der Waals surface area contributed by atoms with Crippen LogP contribution in [0.3, 0.4) is 0 Å². The molecule has 26 heavy (non-hydrogen) atoms. The Morgan fingerprint density at radius 2 is 2.19 bits per heavy atom. The first-order valence-electron chi connectivity index (χ1n) is 11.9. The summed E-state index contributed by atoms with van der Waals surface area (Å²) in [6.45, 7) is 3.68. The normalized spacial score (nSPS) is 55.5. The summed E-state index contributed by atoms with van der Waals surface area (Å²) in [4.78, 5) is 12.5. The Kier molecular flexibility index (Phi) is 4.00. The average molecular weight is 398 g/mol. The zero-order valence-corrected chi connectivity index (χ0v) is 18.2. The first kappa shape index (κ1) is 14.3. The minimum atomic E-state index is -5.34. The molecular weight excluding hydrogens is 363 g/mol. The number of fused-ring (bicyclic) bond motifs is 5. The number of allylic oxidation sites excluding steroid dienone is 1. The first-order valence-corrected chi connectivity index (χ1v) is 10.2. The van der Waals surface area contributed by atoms with E-state index in [4.69, 9.17) is 8.22 Å². The van der Waals surface area contributed by atoms with Crippen LogP contribution in [0.25, 0.3) is 0 Å². The van der Waals surface area contributed by atoms with Crippen LogP contribution in [0.1, 0.15) is 66.9 Å². The van der Waals surface area contributed by atoms with Crippen LogP contribution in [0.2, 0.25) is 0 Å². The van der Waals surface area contributed by atoms with Gasteiger partial charge in [-0.1, -0.05) is 25.5 Å². The monoisotopic (exact) mass is 397 g/mol. The van der Waals surface area contributed by atoms with Crippen LogP contribution in [-0.2, 0) is 19.4 Å². The first-order chi connectivity index (χ1) is 14.0. The van der Waals surface area contributed by atoms with Gasteiger partial charge in [0.15, 0.2) is 0 Å². The van der Waals surface area contributed by atoms with E-state index in [1.165, 1.54) is 0 Å². The zero-order valence-electron chi connectivity index (χ0n) is 21.4. The van der Waals surface area contributed by atoms with Gasteiger partial charge in [-0.15, -0.1) is 0 Å². The van der Waals surface area contributed by atoms with Crippen LogP contribution >= 0.6 is 0 Å². The van der Waals surface area contributed by atoms with Crippen molar-refractivity contribution in [3.8, 4) is 0 Å². The summed E-state index contributed by atoms with van der Waals surface area (Å²) < 4.78 is 87.7. The maximum atomic E-state index is 12.5. The summed E-state index contributed by atoms with van der Waals surface area (Å²) in [5.41, 5.74) is -1.27. The van der Waals surface area contributed by atoms with Crippen molar-refractivity contribution < 1.29 is 30.2 Å². The Bertz CT molecular complexity index is 971. The standard InChI is InChI=1S/C19H28O5S.Na/c1-11-9-16-14(15-5-6-17(20)18(11)15)4-3-12-10-13(24-25(21,22)23)7-8-19(12,16)2;/h3,11,13-16,18H,4-10H2,1-2H3,(H,21,22,23);/t11-,13+,14+,15+,16+,18?,19+;/m1./s1/i3D,7D2,10D2,13D;. The zero-order chi connectivity index (χ0) is 23.4. The van der Waals surface area contributed by atoms with Gasteiger partial charge in [-0.25, -0.2) is 4.18 Å². The molecule has 4 aliphatic rings. The molecule has 0 amide bonds. The van der Waals surface area contributed by atoms with Crippen molar-refractivity contribution in [1.29, 1.82) is 0 Å². The third kappa shape index (κ3) is 3.50. The quantitative estimate of drug-likeness (QED) is 0.440. The van der Waals surface area contributed by atoms with Crippen LogP contribution < -0.4 is 0 Å². The van der Waals surface area contributed by atoms with Crippen LogP contribution in [0.4, 0.5) is 0 Å². The van der Waals surface area contributed by atoms with Gasteiger partial charge in [-0.2, -0.15) is 8.42 Å². The fourth-order valence-electron chi connectivity index (χ4n) is 5.75. The summed E-state index contributed by atoms with van der Waals surface area (Å²) in [6.07, 6.45) is -7.50. The maximum absolute atomic E-state index is 12.5. The number of carbonyl (C=O) groups is 1. The molecule has 0 aromatic carbocycles. The smallest absolute Gasteiger partial charge is 0.299 e. The van der Waals surface area contributed by atoms with Gasteiger partial charge >= 0.3 is 10.4 Å². The second-order valence-corrected chi connectivity index (χ2v) is 9.19. The van der Waals surface area contributed by atoms with E-state index in [1.54, 1.807) is 6.92 Å². The molecule has 1 N–H and O–H groups in total. The molecule has 3 fully saturated rings. The number of Topliss-reactive ketones (excluding diaryl/α,β-unsaturated/α-hetero) is 1. The van der Waals surface area contributed by atoms with Crippen molar-refractivity contribution in [3.63, 3.8) is 0 Å². The van der Waals surface area contributed by atoms with E-state index >= 15 is 0 Å². The van der Waals surface area contributed by atoms with Crippen LogP contribution in [0.5, 0.6) is 0 Å². The fourth-order valence-corrected chi connectivity index (χ4v) is 6.06. The molecule has 0 aromatic heterocycles. The number of carbonyl (C=O) groups excluding carboxylic acids is 1. The molecule has 4 rings (SSSR count). The van der Waals surface area contributed by atoms with E-state index in [9.17, 15) is 17.8 Å². The summed E-state index contributed by atoms with van der Waals surface area (Å²) in [6, 6.07) is -0.0903. The van der Waals surface area contributed by atoms with E-state index in [0.29, 0.717) is 19.3 Å². The van der Waals surface area contributed by atoms with Gasteiger partial charge in [0.05, 0.1) is 8.82 Å². The van der Waals surface area contributed by atoms with E-state index in [1.807, 2.05) is 6.92 Å². The molecule has 0 aliphatic heterocycles. The molecule has 7 atom stereocenters. The van der Waals surface area contributed by atoms with Crippen LogP contribution in [-0.4, -0.2) is 54.4 Å². The Morgan fingerprint density at radius 1 is 1.46 bits per heavy atom. The van der Waals surface area contributed by atoms with Crippen molar-refractivity contribution in [2.45, 2.75) is 64.8 Å². The number of rotatable bonds is 2. The summed E-state index contributed by atoms with van der Waals surface area (Å²) in [5.74, 6) is -0.0353. The van der Waals surface area contributed by atoms with E-state index in [-0.39, 0.29) is 83.0 Å². The Labute approximate surface area is 187 Å². The second-order valence-electron chi connectivity index (χ2n) is 8.17. The van der Waals surface area contributed by atoms with E-state index in [0.717, 1.165) is 0 Å². The van der Waals surface area contributed by atoms with E-state index < -0.39 is 41.1 Å². The maximum Gasteiger partial charge on any atom is 0.397 e. The van der Waals surface area contributed by atoms with E-state index in [2.05, 4.69) is 4.18 Å². The number of hydrogen-bond donors (Lipinski definition) is 1. The SMILES string of the molecule is [2H]C1=C2C([2H])([2H])[C@@]([2H])(OS(=O)(=O)O)C([2H])([2H])C[C@]2(C)[C@H]2C[C@@H](C)C3C(=O)CC[C@H]3[C@@H]2C1.[Na]. The van der Waals surface area contributed by atoms with Gasteiger partial charge in [0, 0.05) is 47.4 Å². The minimum absolute atomic E-state index is 0. The number of hydrogen-bond acceptors (Lipinski definition) is 4. The molecule has 4 aliphatic carbocycles. The molecule has 1 radical (unpaired) electrons. The Balaban J connectivity index is 0.00000289. The summed E-state index contributed by atoms with van der Waals surface area (Å²) >= 11 is 0. The molecular formula is C19H28NaO5S. The molecule has 3 saturated carbocycles. The third-order valence-corrected chi connectivity index (χ3v) is 7.19. The Morgan fingerprint density at radius 3 is 2.88 bits per heavy atom. The molecule has 0 spiro atoms. The Hall–Kier alpha value is 0.280. The largest absolute Gasteiger partial charge is 0.397 e. The molecule has 0 aromatic rings. The molecule has 1 unspecified atom stereocenters. The van der Waals surface area contributed by atoms with Crippen molar-refractivity contribution in [3.05, 3.63) is 11.6 Å². The molecule has 141 valence electrons. The van der Waals surface area contributed by atoms with Gasteiger partial charge in [0.25, 0.3) is 0 Å². The fraction of sp³-hybridized carbons (Fsp3) is 0.842. The molecule has 0 heterocycles. The summed E-state index contributed by atoms with van der Waals surface area (Å²) in [7, 11) is -5.34. The topological polar surface area (TPSA) is 80.7 Å². The summed E-state index contributed by atoms with van der Waals surface area (Å²) in [5, 5.41) is 0. The van der Waals surface area contributed by atoms with Crippen molar-refractivity contribution >= 4 is 45.7 Å². The molecule has 7 heteroatoms. The predicted octanol–water partition coefficient (Wildman–Crippen LogP) is 3.18. The van der Waals surface area contributed by atoms with Crippen molar-refractivity contribution in [1.82, 2.24) is 0 Å². The molecule has 0 saturated heterocycles. The van der Waals surface area contributed by atoms with Crippen LogP contribution in [0.15, 0.2) is 11.6 Å². The van der Waals surface area contributed by atoms with Crippen LogP contribution in [0, 0.1) is 35.0 Å². The van der Waals surface area contributed by atoms with Gasteiger partial charge < -0.3 is 0 Å². The van der Waals surface area contributed by atoms with Gasteiger partial charge in [-0.05, 0) is 67.5 Å². The molecule has 0 bridgehead atoms. The van der Waals surface area contributed by atoms with Crippen molar-refractivity contribution in [2.75, 3.05) is 0 Å². The van der Waals surface area contributed by atoms with Gasteiger partial charge in [0.2, 0.25) is 0 Å². The predicted molar refractivity (Wildman–Crippen MR) is 98.8 cm³/mol. The minimum Gasteiger partial charge on any atom is -0.299 e. The van der Waals surface area contributed by atoms with Gasteiger partial charge in [0.1, 0.15) is 5.78 Å². The number of ketones is 1.